The van der Waals surface area contributed by atoms with Crippen LogP contribution in [-0.4, -0.2) is 34.7 Å². The van der Waals surface area contributed by atoms with Gasteiger partial charge in [0, 0.05) is 18.2 Å². The topological polar surface area (TPSA) is 49.3 Å². The van der Waals surface area contributed by atoms with Crippen LogP contribution in [0.5, 0.6) is 0 Å². The van der Waals surface area contributed by atoms with E-state index in [0.717, 1.165) is 30.8 Å². The molecular weight excluding hydrogens is 210 g/mol. The first kappa shape index (κ1) is 12.8. The highest BCUT2D eigenvalue weighted by Crippen LogP contribution is 2.23. The van der Waals surface area contributed by atoms with Crippen LogP contribution in [0.3, 0.4) is 0 Å². The highest BCUT2D eigenvalue weighted by molar-refractivity contribution is 7.99. The highest BCUT2D eigenvalue weighted by atomic mass is 32.2. The van der Waals surface area contributed by atoms with Crippen LogP contribution in [0.4, 0.5) is 0 Å². The molecule has 2 atom stereocenters. The van der Waals surface area contributed by atoms with Gasteiger partial charge in [0.2, 0.25) is 5.91 Å². The van der Waals surface area contributed by atoms with Crippen molar-refractivity contribution >= 4 is 17.7 Å². The Balaban J connectivity index is 2.26. The second-order valence-electron chi connectivity index (χ2n) is 4.53. The van der Waals surface area contributed by atoms with Gasteiger partial charge in [0.15, 0.2) is 0 Å². The van der Waals surface area contributed by atoms with E-state index < -0.39 is 5.60 Å². The van der Waals surface area contributed by atoms with E-state index in [4.69, 9.17) is 0 Å². The molecule has 0 aliphatic carbocycles. The molecule has 88 valence electrons. The number of thioether (sulfide) groups is 1. The highest BCUT2D eigenvalue weighted by Gasteiger charge is 2.25. The van der Waals surface area contributed by atoms with Crippen LogP contribution in [0.2, 0.25) is 0 Å². The third-order valence-corrected chi connectivity index (χ3v) is 3.89. The van der Waals surface area contributed by atoms with Gasteiger partial charge in [-0.3, -0.25) is 4.79 Å². The monoisotopic (exact) mass is 231 g/mol. The fourth-order valence-electron chi connectivity index (χ4n) is 1.79. The predicted molar refractivity (Wildman–Crippen MR) is 64.0 cm³/mol. The Morgan fingerprint density at radius 1 is 1.67 bits per heavy atom. The third-order valence-electron chi connectivity index (χ3n) is 2.73. The number of hydrogen-bond donors (Lipinski definition) is 2. The van der Waals surface area contributed by atoms with E-state index in [9.17, 15) is 9.90 Å². The summed E-state index contributed by atoms with van der Waals surface area (Å²) in [7, 11) is 0. The number of nitrogens with one attached hydrogen (secondary N) is 1. The zero-order valence-electron chi connectivity index (χ0n) is 9.58. The minimum absolute atomic E-state index is 0.108. The predicted octanol–water partition coefficient (Wildman–Crippen LogP) is 1.41. The van der Waals surface area contributed by atoms with Gasteiger partial charge >= 0.3 is 0 Å². The fourth-order valence-corrected chi connectivity index (χ4v) is 3.01. The molecule has 1 aliphatic rings. The lowest BCUT2D eigenvalue weighted by molar-refractivity contribution is -0.125. The van der Waals surface area contributed by atoms with Crippen molar-refractivity contribution < 1.29 is 9.90 Å². The molecule has 2 N–H and O–H groups in total. The summed E-state index contributed by atoms with van der Waals surface area (Å²) < 4.78 is 0. The van der Waals surface area contributed by atoms with Crippen molar-refractivity contribution in [1.29, 1.82) is 0 Å². The summed E-state index contributed by atoms with van der Waals surface area (Å²) in [5.41, 5.74) is -0.754. The van der Waals surface area contributed by atoms with Gasteiger partial charge in [0.25, 0.3) is 0 Å². The molecule has 0 bridgehead atoms. The normalized spacial score (nSPS) is 24.9. The number of carbonyl (C=O) groups excluding carboxylic acids is 1. The summed E-state index contributed by atoms with van der Waals surface area (Å²) in [6.07, 6.45) is 2.64. The zero-order chi connectivity index (χ0) is 11.3. The molecule has 0 radical (unpaired) electrons. The smallest absolute Gasteiger partial charge is 0.224 e. The maximum atomic E-state index is 11.7. The van der Waals surface area contributed by atoms with Gasteiger partial charge in [-0.25, -0.2) is 0 Å². The third kappa shape index (κ3) is 4.43. The summed E-state index contributed by atoms with van der Waals surface area (Å²) in [5.74, 6) is 2.29. The van der Waals surface area contributed by atoms with Gasteiger partial charge in [-0.05, 0) is 25.5 Å². The van der Waals surface area contributed by atoms with E-state index in [2.05, 4.69) is 5.32 Å². The van der Waals surface area contributed by atoms with Crippen molar-refractivity contribution in [1.82, 2.24) is 5.32 Å². The zero-order valence-corrected chi connectivity index (χ0v) is 10.4. The maximum absolute atomic E-state index is 11.7. The average Bonchev–Trinajstić information content (AvgIpc) is 2.67. The molecule has 15 heavy (non-hydrogen) atoms. The molecule has 0 aromatic rings. The largest absolute Gasteiger partial charge is 0.388 e. The Hall–Kier alpha value is -0.220. The minimum Gasteiger partial charge on any atom is -0.388 e. The molecule has 1 rings (SSSR count). The summed E-state index contributed by atoms with van der Waals surface area (Å²) in [5, 5.41) is 12.7. The summed E-state index contributed by atoms with van der Waals surface area (Å²) in [4.78, 5) is 11.7. The number of rotatable bonds is 5. The number of aliphatic hydroxyl groups is 1. The first-order chi connectivity index (χ1) is 7.05. The molecule has 4 heteroatoms. The van der Waals surface area contributed by atoms with E-state index in [1.54, 1.807) is 6.92 Å². The van der Waals surface area contributed by atoms with E-state index >= 15 is 0 Å². The van der Waals surface area contributed by atoms with Crippen LogP contribution >= 0.6 is 11.8 Å². The van der Waals surface area contributed by atoms with E-state index in [1.165, 1.54) is 0 Å². The Kier molecular flexibility index (Phi) is 4.93. The number of hydrogen-bond acceptors (Lipinski definition) is 3. The fraction of sp³-hybridized carbons (Fsp3) is 0.909. The molecule has 0 aromatic carbocycles. The lowest BCUT2D eigenvalue weighted by Gasteiger charge is -2.23. The van der Waals surface area contributed by atoms with Gasteiger partial charge in [-0.15, -0.1) is 0 Å². The lowest BCUT2D eigenvalue weighted by atomic mass is 10.00. The first-order valence-electron chi connectivity index (χ1n) is 5.63. The van der Waals surface area contributed by atoms with Crippen LogP contribution < -0.4 is 5.32 Å². The molecule has 1 saturated heterocycles. The van der Waals surface area contributed by atoms with Crippen LogP contribution in [0, 0.1) is 5.92 Å². The first-order valence-corrected chi connectivity index (χ1v) is 6.78. The van der Waals surface area contributed by atoms with Crippen LogP contribution in [0.1, 0.15) is 33.1 Å². The molecule has 1 aliphatic heterocycles. The molecular formula is C11H21NO2S. The Labute approximate surface area is 96.0 Å². The van der Waals surface area contributed by atoms with Gasteiger partial charge in [0.1, 0.15) is 0 Å². The lowest BCUT2D eigenvalue weighted by Crippen LogP contribution is -2.42. The molecule has 0 aromatic heterocycles. The van der Waals surface area contributed by atoms with Crippen molar-refractivity contribution in [2.75, 3.05) is 18.1 Å². The number of carbonyl (C=O) groups is 1. The summed E-state index contributed by atoms with van der Waals surface area (Å²) in [6.45, 7) is 4.19. The number of amides is 1. The van der Waals surface area contributed by atoms with Gasteiger partial charge in [-0.1, -0.05) is 13.3 Å². The summed E-state index contributed by atoms with van der Waals surface area (Å²) >= 11 is 1.83. The molecule has 0 saturated carbocycles. The molecule has 2 unspecified atom stereocenters. The van der Waals surface area contributed by atoms with Crippen molar-refractivity contribution in [2.24, 2.45) is 5.92 Å². The van der Waals surface area contributed by atoms with Crippen molar-refractivity contribution in [3.05, 3.63) is 0 Å². The van der Waals surface area contributed by atoms with Crippen molar-refractivity contribution in [3.63, 3.8) is 0 Å². The van der Waals surface area contributed by atoms with Crippen LogP contribution in [-0.2, 0) is 4.79 Å². The molecule has 0 spiro atoms. The minimum atomic E-state index is -0.754. The van der Waals surface area contributed by atoms with Crippen LogP contribution in [0.15, 0.2) is 0 Å². The Morgan fingerprint density at radius 2 is 2.40 bits per heavy atom. The van der Waals surface area contributed by atoms with E-state index in [0.29, 0.717) is 6.54 Å². The molecule has 1 fully saturated rings. The molecule has 1 amide bonds. The average molecular weight is 231 g/mol. The van der Waals surface area contributed by atoms with E-state index in [-0.39, 0.29) is 11.8 Å². The second kappa shape index (κ2) is 5.75. The molecule has 1 heterocycles. The second-order valence-corrected chi connectivity index (χ2v) is 5.68. The van der Waals surface area contributed by atoms with Crippen molar-refractivity contribution in [2.45, 2.75) is 38.7 Å². The van der Waals surface area contributed by atoms with Gasteiger partial charge in [-0.2, -0.15) is 11.8 Å². The maximum Gasteiger partial charge on any atom is 0.224 e. The molecule has 3 nitrogen and oxygen atoms in total. The standard InChI is InChI=1S/C11H21NO2S/c1-3-5-11(2,14)8-12-10(13)9-4-6-15-7-9/h9,14H,3-8H2,1-2H3,(H,12,13). The van der Waals surface area contributed by atoms with Gasteiger partial charge in [0.05, 0.1) is 5.60 Å². The SMILES string of the molecule is CCCC(C)(O)CNC(=O)C1CCSC1. The summed E-state index contributed by atoms with van der Waals surface area (Å²) in [6, 6.07) is 0. The Bertz CT molecular complexity index is 213. The van der Waals surface area contributed by atoms with Crippen molar-refractivity contribution in [3.8, 4) is 0 Å². The van der Waals surface area contributed by atoms with E-state index in [1.807, 2.05) is 18.7 Å². The van der Waals surface area contributed by atoms with Gasteiger partial charge < -0.3 is 10.4 Å². The van der Waals surface area contributed by atoms with Crippen LogP contribution in [0.25, 0.3) is 0 Å². The quantitative estimate of drug-likeness (QED) is 0.752. The Morgan fingerprint density at radius 3 is 2.93 bits per heavy atom.